The van der Waals surface area contributed by atoms with Gasteiger partial charge in [0.1, 0.15) is 16.4 Å². The largest absolute Gasteiger partial charge is 0.465 e. The Balaban J connectivity index is 1.56. The van der Waals surface area contributed by atoms with Crippen molar-refractivity contribution in [2.24, 2.45) is 0 Å². The molecule has 0 amide bonds. The molecule has 6 nitrogen and oxygen atoms in total. The van der Waals surface area contributed by atoms with Gasteiger partial charge in [-0.3, -0.25) is 4.68 Å². The van der Waals surface area contributed by atoms with E-state index >= 15 is 0 Å². The first-order chi connectivity index (χ1) is 16.8. The minimum absolute atomic E-state index is 0.142. The molecule has 35 heavy (non-hydrogen) atoms. The first-order valence-electron chi connectivity index (χ1n) is 10.3. The maximum atomic E-state index is 14.2. The summed E-state index contributed by atoms with van der Waals surface area (Å²) in [7, 11) is 1.34. The third kappa shape index (κ3) is 5.56. The van der Waals surface area contributed by atoms with Crippen LogP contribution in [0.1, 0.15) is 20.8 Å². The monoisotopic (exact) mass is 592 g/mol. The van der Waals surface area contributed by atoms with Crippen molar-refractivity contribution in [1.29, 1.82) is 0 Å². The number of rotatable bonds is 6. The molecule has 0 radical (unpaired) electrons. The number of thiophene rings is 1. The van der Waals surface area contributed by atoms with E-state index in [-0.39, 0.29) is 11.7 Å². The molecule has 0 fully saturated rings. The third-order valence-electron chi connectivity index (χ3n) is 5.09. The number of esters is 1. The van der Waals surface area contributed by atoms with Crippen LogP contribution in [0.4, 0.5) is 15.2 Å². The molecule has 0 atom stereocenters. The molecule has 0 aliphatic carbocycles. The summed E-state index contributed by atoms with van der Waals surface area (Å²) >= 11 is 16.5. The number of hydrogen-bond acceptors (Lipinski definition) is 5. The Kier molecular flexibility index (Phi) is 7.85. The fourth-order valence-electron chi connectivity index (χ4n) is 3.53. The molecular formula is C24H19BrClFN4O2S2. The summed E-state index contributed by atoms with van der Waals surface area (Å²) in [6, 6.07) is 14.1. The zero-order valence-corrected chi connectivity index (χ0v) is 22.5. The number of nitrogens with one attached hydrogen (secondary N) is 2. The quantitative estimate of drug-likeness (QED) is 0.183. The van der Waals surface area contributed by atoms with Crippen LogP contribution in [0.2, 0.25) is 5.02 Å². The van der Waals surface area contributed by atoms with E-state index in [9.17, 15) is 9.18 Å². The molecule has 2 N–H and O–H groups in total. The molecule has 4 rings (SSSR count). The Morgan fingerprint density at radius 1 is 1.23 bits per heavy atom. The van der Waals surface area contributed by atoms with Gasteiger partial charge in [0.25, 0.3) is 0 Å². The highest BCUT2D eigenvalue weighted by atomic mass is 79.9. The summed E-state index contributed by atoms with van der Waals surface area (Å²) in [5.41, 5.74) is 2.44. The molecule has 2 heterocycles. The van der Waals surface area contributed by atoms with Crippen molar-refractivity contribution in [3.8, 4) is 11.1 Å². The summed E-state index contributed by atoms with van der Waals surface area (Å²) < 4.78 is 21.4. The molecule has 0 aliphatic rings. The lowest BCUT2D eigenvalue weighted by Gasteiger charge is -2.10. The highest BCUT2D eigenvalue weighted by Gasteiger charge is 2.24. The molecule has 0 saturated heterocycles. The van der Waals surface area contributed by atoms with E-state index in [2.05, 4.69) is 31.7 Å². The predicted octanol–water partition coefficient (Wildman–Crippen LogP) is 7.12. The molecule has 180 valence electrons. The van der Waals surface area contributed by atoms with Gasteiger partial charge in [-0.05, 0) is 52.8 Å². The zero-order chi connectivity index (χ0) is 25.1. The van der Waals surface area contributed by atoms with Crippen LogP contribution in [0.15, 0.2) is 59.2 Å². The topological polar surface area (TPSA) is 68.2 Å². The summed E-state index contributed by atoms with van der Waals surface area (Å²) in [6.07, 6.45) is 1.69. The lowest BCUT2D eigenvalue weighted by molar-refractivity contribution is 0.0603. The molecule has 4 aromatic rings. The Labute approximate surface area is 224 Å². The Morgan fingerprint density at radius 3 is 2.66 bits per heavy atom. The number of thiocarbonyl (C=S) groups is 1. The van der Waals surface area contributed by atoms with Crippen LogP contribution in [-0.4, -0.2) is 28.0 Å². The van der Waals surface area contributed by atoms with Crippen LogP contribution in [0.25, 0.3) is 11.1 Å². The molecule has 2 aromatic carbocycles. The molecule has 0 aliphatic heterocycles. The van der Waals surface area contributed by atoms with Crippen LogP contribution < -0.4 is 10.6 Å². The van der Waals surface area contributed by atoms with Crippen LogP contribution in [0.5, 0.6) is 0 Å². The lowest BCUT2D eigenvalue weighted by Crippen LogP contribution is -2.20. The molecule has 11 heteroatoms. The van der Waals surface area contributed by atoms with Crippen LogP contribution in [0, 0.1) is 12.7 Å². The third-order valence-corrected chi connectivity index (χ3v) is 7.25. The van der Waals surface area contributed by atoms with Gasteiger partial charge >= 0.3 is 5.97 Å². The SMILES string of the molecule is COC(=O)c1c(NC(=S)Nc2nn(Cc3c(F)cccc3Cl)cc2Br)sc(C)c1-c1ccccc1. The maximum absolute atomic E-state index is 14.2. The second-order valence-corrected chi connectivity index (χ2v) is 10.3. The molecule has 0 saturated carbocycles. The number of carbonyl (C=O) groups is 1. The molecule has 0 bridgehead atoms. The lowest BCUT2D eigenvalue weighted by atomic mass is 10.0. The van der Waals surface area contributed by atoms with Gasteiger partial charge in [0.15, 0.2) is 10.9 Å². The standard InChI is InChI=1S/C24H19BrClFN4O2S2/c1-13-19(14-7-4-3-5-8-14)20(23(32)33-2)22(35-13)29-24(34)28-21-16(25)12-31(30-21)11-15-17(26)9-6-10-18(15)27/h3-10,12H,11H2,1-2H3,(H2,28,29,30,34). The minimum atomic E-state index is -0.467. The summed E-state index contributed by atoms with van der Waals surface area (Å²) in [4.78, 5) is 13.6. The van der Waals surface area contributed by atoms with Crippen molar-refractivity contribution in [1.82, 2.24) is 9.78 Å². The molecular weight excluding hydrogens is 575 g/mol. The van der Waals surface area contributed by atoms with Gasteiger partial charge < -0.3 is 15.4 Å². The highest BCUT2D eigenvalue weighted by Crippen LogP contribution is 2.40. The number of anilines is 2. The average molecular weight is 594 g/mol. The van der Waals surface area contributed by atoms with Gasteiger partial charge in [0.2, 0.25) is 0 Å². The molecule has 0 spiro atoms. The number of hydrogen-bond donors (Lipinski definition) is 2. The predicted molar refractivity (Wildman–Crippen MR) is 146 cm³/mol. The summed E-state index contributed by atoms with van der Waals surface area (Å²) in [5.74, 6) is -0.453. The van der Waals surface area contributed by atoms with Crippen molar-refractivity contribution >= 4 is 73.0 Å². The number of carbonyl (C=O) groups excluding carboxylic acids is 1. The summed E-state index contributed by atoms with van der Waals surface area (Å²) in [6.45, 7) is 2.08. The van der Waals surface area contributed by atoms with Crippen molar-refractivity contribution < 1.29 is 13.9 Å². The summed E-state index contributed by atoms with van der Waals surface area (Å²) in [5, 5.41) is 11.6. The van der Waals surface area contributed by atoms with Gasteiger partial charge in [0, 0.05) is 27.2 Å². The normalized spacial score (nSPS) is 10.8. The van der Waals surface area contributed by atoms with Crippen molar-refractivity contribution in [3.05, 3.63) is 86.0 Å². The van der Waals surface area contributed by atoms with E-state index in [0.717, 1.165) is 16.0 Å². The van der Waals surface area contributed by atoms with Crippen LogP contribution in [0.3, 0.4) is 0 Å². The maximum Gasteiger partial charge on any atom is 0.341 e. The van der Waals surface area contributed by atoms with Crippen molar-refractivity contribution in [2.45, 2.75) is 13.5 Å². The van der Waals surface area contributed by atoms with Crippen molar-refractivity contribution in [3.63, 3.8) is 0 Å². The van der Waals surface area contributed by atoms with Crippen LogP contribution in [-0.2, 0) is 11.3 Å². The fraction of sp³-hybridized carbons (Fsp3) is 0.125. The van der Waals surface area contributed by atoms with Gasteiger partial charge in [-0.1, -0.05) is 48.0 Å². The Morgan fingerprint density at radius 2 is 1.97 bits per heavy atom. The van der Waals surface area contributed by atoms with Gasteiger partial charge in [-0.15, -0.1) is 11.3 Å². The van der Waals surface area contributed by atoms with E-state index in [1.807, 2.05) is 37.3 Å². The number of ether oxygens (including phenoxy) is 1. The number of halogens is 3. The van der Waals surface area contributed by atoms with E-state index in [1.165, 1.54) is 24.5 Å². The highest BCUT2D eigenvalue weighted by molar-refractivity contribution is 9.10. The number of aromatic nitrogens is 2. The van der Waals surface area contributed by atoms with Crippen LogP contribution >= 0.6 is 51.1 Å². The number of aryl methyl sites for hydroxylation is 1. The average Bonchev–Trinajstić information content (AvgIpc) is 3.34. The fourth-order valence-corrected chi connectivity index (χ4v) is 5.50. The number of benzene rings is 2. The minimum Gasteiger partial charge on any atom is -0.465 e. The first-order valence-corrected chi connectivity index (χ1v) is 12.7. The van der Waals surface area contributed by atoms with Crippen molar-refractivity contribution in [2.75, 3.05) is 17.7 Å². The number of nitrogens with zero attached hydrogens (tertiary/aromatic N) is 2. The van der Waals surface area contributed by atoms with E-state index in [4.69, 9.17) is 28.6 Å². The second kappa shape index (κ2) is 10.9. The van der Waals surface area contributed by atoms with E-state index < -0.39 is 11.8 Å². The second-order valence-electron chi connectivity index (χ2n) is 7.40. The van der Waals surface area contributed by atoms with Gasteiger partial charge in [-0.25, -0.2) is 9.18 Å². The Hall–Kier alpha value is -2.79. The molecule has 0 unspecified atom stereocenters. The Bertz CT molecular complexity index is 1390. The number of methoxy groups -OCH3 is 1. The van der Waals surface area contributed by atoms with E-state index in [1.54, 1.807) is 23.0 Å². The molecule has 2 aromatic heterocycles. The first kappa shape index (κ1) is 25.3. The zero-order valence-electron chi connectivity index (χ0n) is 18.6. The van der Waals surface area contributed by atoms with E-state index in [0.29, 0.717) is 31.4 Å². The van der Waals surface area contributed by atoms with Gasteiger partial charge in [0.05, 0.1) is 18.1 Å². The van der Waals surface area contributed by atoms with Gasteiger partial charge in [-0.2, -0.15) is 5.10 Å². The smallest absolute Gasteiger partial charge is 0.341 e.